The van der Waals surface area contributed by atoms with Crippen molar-refractivity contribution in [1.29, 1.82) is 0 Å². The van der Waals surface area contributed by atoms with Gasteiger partial charge in [0.1, 0.15) is 6.54 Å². The van der Waals surface area contributed by atoms with Crippen molar-refractivity contribution in [3.05, 3.63) is 39.7 Å². The van der Waals surface area contributed by atoms with E-state index in [0.29, 0.717) is 42.7 Å². The summed E-state index contributed by atoms with van der Waals surface area (Å²) in [7, 11) is 0. The first-order valence-electron chi connectivity index (χ1n) is 9.33. The molecule has 0 aromatic carbocycles. The monoisotopic (exact) mass is 484 g/mol. The highest BCUT2D eigenvalue weighted by molar-refractivity contribution is 6.41. The Hall–Kier alpha value is -1.60. The number of hydrogen-bond acceptors (Lipinski definition) is 4. The molecular formula is C19H22Cl3F3N4O. The summed E-state index contributed by atoms with van der Waals surface area (Å²) in [6.07, 6.45) is 1.16. The van der Waals surface area contributed by atoms with Crippen LogP contribution in [0.3, 0.4) is 0 Å². The normalized spacial score (nSPS) is 18.4. The van der Waals surface area contributed by atoms with Crippen molar-refractivity contribution in [3.63, 3.8) is 0 Å². The van der Waals surface area contributed by atoms with Crippen molar-refractivity contribution in [1.82, 2.24) is 14.8 Å². The maximum absolute atomic E-state index is 12.9. The molecule has 0 atom stereocenters. The lowest BCUT2D eigenvalue weighted by Crippen LogP contribution is -2.41. The number of nitrogens with zero attached hydrogens (tertiary/aromatic N) is 4. The Kier molecular flexibility index (Phi) is 9.16. The molecule has 1 aliphatic heterocycles. The van der Waals surface area contributed by atoms with E-state index in [1.807, 2.05) is 0 Å². The summed E-state index contributed by atoms with van der Waals surface area (Å²) in [6.45, 7) is 3.68. The largest absolute Gasteiger partial charge is 0.432 e. The molecule has 0 unspecified atom stereocenters. The fourth-order valence-corrected chi connectivity index (χ4v) is 3.41. The molecule has 166 valence electrons. The second-order valence-electron chi connectivity index (χ2n) is 6.60. The van der Waals surface area contributed by atoms with Crippen LogP contribution in [0.2, 0.25) is 0 Å². The van der Waals surface area contributed by atoms with Crippen LogP contribution in [0.5, 0.6) is 0 Å². The van der Waals surface area contributed by atoms with Crippen LogP contribution in [0, 0.1) is 0 Å². The minimum atomic E-state index is -4.63. The Morgan fingerprint density at radius 1 is 1.20 bits per heavy atom. The summed E-state index contributed by atoms with van der Waals surface area (Å²) < 4.78 is 38.7. The molecule has 0 radical (unpaired) electrons. The Morgan fingerprint density at radius 2 is 1.93 bits per heavy atom. The standard InChI is InChI=1S/C19H22Cl3F3N4O/c1-2-29(26-17(12-20)19(23,24)25)13-18(30)28-8-4-7-27(9-10-28)14-5-3-6-15(21)16(22)11-14/h5-6,11H,2,4,7-10,12-13H2,1H3/b26-17+. The third-order valence-electron chi connectivity index (χ3n) is 4.56. The van der Waals surface area contributed by atoms with Crippen molar-refractivity contribution in [2.75, 3.05) is 45.1 Å². The van der Waals surface area contributed by atoms with Crippen LogP contribution >= 0.6 is 34.8 Å². The van der Waals surface area contributed by atoms with Gasteiger partial charge in [-0.3, -0.25) is 9.80 Å². The van der Waals surface area contributed by atoms with Gasteiger partial charge in [0, 0.05) is 50.6 Å². The number of rotatable bonds is 6. The predicted molar refractivity (Wildman–Crippen MR) is 114 cm³/mol. The number of amides is 1. The van der Waals surface area contributed by atoms with Crippen molar-refractivity contribution >= 4 is 46.4 Å². The van der Waals surface area contributed by atoms with Crippen LogP contribution in [-0.2, 0) is 4.79 Å². The molecule has 0 aromatic heterocycles. The topological polar surface area (TPSA) is 39.2 Å². The van der Waals surface area contributed by atoms with E-state index < -0.39 is 17.8 Å². The molecule has 1 amide bonds. The molecule has 1 aliphatic carbocycles. The first-order valence-corrected chi connectivity index (χ1v) is 10.6. The molecular weight excluding hydrogens is 464 g/mol. The number of hydrazone groups is 1. The average molecular weight is 486 g/mol. The van der Waals surface area contributed by atoms with Gasteiger partial charge in [-0.1, -0.05) is 23.2 Å². The molecule has 0 saturated carbocycles. The number of allylic oxidation sites excluding steroid dienone is 4. The summed E-state index contributed by atoms with van der Waals surface area (Å²) in [6, 6.07) is 0. The lowest BCUT2D eigenvalue weighted by molar-refractivity contribution is -0.132. The third kappa shape index (κ3) is 6.98. The first-order chi connectivity index (χ1) is 14.2. The molecule has 1 fully saturated rings. The van der Waals surface area contributed by atoms with Crippen LogP contribution in [-0.4, -0.2) is 77.8 Å². The molecule has 30 heavy (non-hydrogen) atoms. The van der Waals surface area contributed by atoms with Crippen LogP contribution in [0.25, 0.3) is 0 Å². The van der Waals surface area contributed by atoms with Gasteiger partial charge in [-0.2, -0.15) is 18.3 Å². The predicted octanol–water partition coefficient (Wildman–Crippen LogP) is 4.30. The van der Waals surface area contributed by atoms with Gasteiger partial charge in [-0.15, -0.1) is 17.3 Å². The van der Waals surface area contributed by atoms with Gasteiger partial charge in [0.15, 0.2) is 5.71 Å². The van der Waals surface area contributed by atoms with Crippen molar-refractivity contribution < 1.29 is 18.0 Å². The quantitative estimate of drug-likeness (QED) is 0.244. The highest BCUT2D eigenvalue weighted by Gasteiger charge is 2.36. The molecule has 2 rings (SSSR count). The van der Waals surface area contributed by atoms with Crippen molar-refractivity contribution in [2.45, 2.75) is 19.5 Å². The lowest BCUT2D eigenvalue weighted by atomic mass is 10.3. The highest BCUT2D eigenvalue weighted by Crippen LogP contribution is 2.23. The maximum atomic E-state index is 12.9. The second kappa shape index (κ2) is 11.1. The van der Waals surface area contributed by atoms with E-state index in [4.69, 9.17) is 34.8 Å². The molecule has 1 saturated heterocycles. The molecule has 0 bridgehead atoms. The number of carbonyl (C=O) groups excluding carboxylic acids is 1. The van der Waals surface area contributed by atoms with Gasteiger partial charge in [0.2, 0.25) is 5.91 Å². The van der Waals surface area contributed by atoms with E-state index in [0.717, 1.165) is 10.7 Å². The minimum absolute atomic E-state index is 0.151. The molecule has 0 N–H and O–H groups in total. The number of hydrogen-bond donors (Lipinski definition) is 0. The number of likely N-dealkylation sites (N-methyl/N-ethyl adjacent to an activating group) is 1. The van der Waals surface area contributed by atoms with E-state index in [1.54, 1.807) is 30.1 Å². The van der Waals surface area contributed by atoms with Gasteiger partial charge >= 0.3 is 6.18 Å². The van der Waals surface area contributed by atoms with Gasteiger partial charge in [-0.05, 0) is 19.4 Å². The molecule has 1 heterocycles. The van der Waals surface area contributed by atoms with E-state index in [1.165, 1.54) is 0 Å². The van der Waals surface area contributed by atoms with Crippen LogP contribution in [0.15, 0.2) is 44.8 Å². The van der Waals surface area contributed by atoms with Crippen LogP contribution < -0.4 is 0 Å². The Balaban J connectivity index is 2.03. The fraction of sp³-hybridized carbons (Fsp3) is 0.526. The summed E-state index contributed by atoms with van der Waals surface area (Å²) in [5.74, 6) is -1.06. The Morgan fingerprint density at radius 3 is 2.57 bits per heavy atom. The van der Waals surface area contributed by atoms with Crippen molar-refractivity contribution in [3.8, 4) is 0 Å². The van der Waals surface area contributed by atoms with Gasteiger partial charge in [0.25, 0.3) is 0 Å². The molecule has 2 aliphatic rings. The third-order valence-corrected chi connectivity index (χ3v) is 5.53. The summed E-state index contributed by atoms with van der Waals surface area (Å²) >= 11 is 17.5. The minimum Gasteiger partial charge on any atom is -0.369 e. The zero-order valence-corrected chi connectivity index (χ0v) is 18.6. The Bertz CT molecular complexity index is 801. The van der Waals surface area contributed by atoms with E-state index in [9.17, 15) is 18.0 Å². The number of alkyl halides is 4. The van der Waals surface area contributed by atoms with Crippen LogP contribution in [0.1, 0.15) is 13.3 Å². The average Bonchev–Trinajstić information content (AvgIpc) is 3.03. The van der Waals surface area contributed by atoms with Crippen LogP contribution in [0.4, 0.5) is 13.2 Å². The first kappa shape index (κ1) is 24.7. The smallest absolute Gasteiger partial charge is 0.369 e. The zero-order chi connectivity index (χ0) is 22.3. The van der Waals surface area contributed by atoms with Crippen molar-refractivity contribution in [2.24, 2.45) is 5.10 Å². The second-order valence-corrected chi connectivity index (χ2v) is 7.68. The van der Waals surface area contributed by atoms with E-state index >= 15 is 0 Å². The van der Waals surface area contributed by atoms with E-state index in [-0.39, 0.29) is 19.0 Å². The maximum Gasteiger partial charge on any atom is 0.432 e. The molecule has 0 spiro atoms. The van der Waals surface area contributed by atoms with Gasteiger partial charge in [0.05, 0.1) is 15.9 Å². The van der Waals surface area contributed by atoms with E-state index in [2.05, 4.69) is 15.7 Å². The highest BCUT2D eigenvalue weighted by atomic mass is 35.5. The van der Waals surface area contributed by atoms with Gasteiger partial charge in [-0.25, -0.2) is 0 Å². The fourth-order valence-electron chi connectivity index (χ4n) is 2.92. The molecule has 11 heteroatoms. The summed E-state index contributed by atoms with van der Waals surface area (Å²) in [5.41, 5.74) is 2.67. The van der Waals surface area contributed by atoms with Gasteiger partial charge < -0.3 is 9.80 Å². The number of halogens is 6. The molecule has 5 nitrogen and oxygen atoms in total. The molecule has 0 aromatic rings. The summed E-state index contributed by atoms with van der Waals surface area (Å²) in [4.78, 5) is 16.4. The lowest BCUT2D eigenvalue weighted by Gasteiger charge is -2.26. The Labute approximate surface area is 188 Å². The SMILES string of the molecule is CCN(CC(=O)N1CCCN(C2=CC(Cl)=C(Cl)C=C=C2)CC1)/N=C(\CCl)C(F)(F)F. The summed E-state index contributed by atoms with van der Waals surface area (Å²) in [5, 5.41) is 5.42. The number of carbonyl (C=O) groups is 1. The zero-order valence-electron chi connectivity index (χ0n) is 16.4.